The molecule has 0 fully saturated rings. The van der Waals surface area contributed by atoms with Crippen LogP contribution in [-0.4, -0.2) is 22.9 Å². The summed E-state index contributed by atoms with van der Waals surface area (Å²) in [6.07, 6.45) is 0. The van der Waals surface area contributed by atoms with E-state index in [1.54, 1.807) is 6.92 Å². The van der Waals surface area contributed by atoms with E-state index >= 15 is 0 Å². The summed E-state index contributed by atoms with van der Waals surface area (Å²) in [6, 6.07) is 0. The predicted octanol–water partition coefficient (Wildman–Crippen LogP) is -0.0488. The molecule has 1 amide bonds. The van der Waals surface area contributed by atoms with E-state index in [1.807, 2.05) is 0 Å². The lowest BCUT2D eigenvalue weighted by molar-refractivity contribution is -0.117. The van der Waals surface area contributed by atoms with Gasteiger partial charge in [-0.15, -0.1) is 11.6 Å². The summed E-state index contributed by atoms with van der Waals surface area (Å²) >= 11 is 8.71. The molecule has 0 saturated carbocycles. The Labute approximate surface area is 76.2 Å². The largest absolute Gasteiger partial charge is 0.387 e. The lowest BCUT2D eigenvalue weighted by Crippen LogP contribution is -2.20. The summed E-state index contributed by atoms with van der Waals surface area (Å²) in [5, 5.41) is 6.07. The molecule has 0 aromatic rings. The van der Waals surface area contributed by atoms with E-state index in [-0.39, 0.29) is 22.9 Å². The van der Waals surface area contributed by atoms with Gasteiger partial charge in [0.25, 0.3) is 0 Å². The Morgan fingerprint density at radius 2 is 1.91 bits per heavy atom. The van der Waals surface area contributed by atoms with Crippen molar-refractivity contribution < 1.29 is 4.79 Å². The van der Waals surface area contributed by atoms with Gasteiger partial charge in [0, 0.05) is 0 Å². The highest BCUT2D eigenvalue weighted by Gasteiger charge is 1.97. The minimum Gasteiger partial charge on any atom is -0.387 e. The van der Waals surface area contributed by atoms with Crippen molar-refractivity contribution in [1.29, 1.82) is 5.41 Å². The van der Waals surface area contributed by atoms with Crippen molar-refractivity contribution in [3.8, 4) is 0 Å². The number of alkyl halides is 1. The number of thiol groups is 1. The maximum absolute atomic E-state index is 9.84. The highest BCUT2D eigenvalue weighted by molar-refractivity contribution is 7.81. The van der Waals surface area contributed by atoms with Crippen molar-refractivity contribution in [1.82, 2.24) is 0 Å². The van der Waals surface area contributed by atoms with Crippen LogP contribution in [-0.2, 0) is 4.79 Å². The van der Waals surface area contributed by atoms with Gasteiger partial charge in [0.1, 0.15) is 5.84 Å². The van der Waals surface area contributed by atoms with Crippen LogP contribution in [0.5, 0.6) is 0 Å². The van der Waals surface area contributed by atoms with Crippen LogP contribution in [0.1, 0.15) is 6.92 Å². The summed E-state index contributed by atoms with van der Waals surface area (Å²) in [5.74, 6) is -0.218. The number of halogens is 1. The molecule has 11 heavy (non-hydrogen) atoms. The summed E-state index contributed by atoms with van der Waals surface area (Å²) in [6.45, 7) is 1.63. The molecule has 0 aliphatic carbocycles. The number of amidine groups is 1. The van der Waals surface area contributed by atoms with Crippen molar-refractivity contribution in [3.63, 3.8) is 0 Å². The first-order valence-electron chi connectivity index (χ1n) is 2.78. The standard InChI is InChI=1S/C3H7NOS.C2H5ClN2/c1-2(6)3(4)5;3-1-2(4)5/h2,6H,1H3,(H2,4,5);1H2,(H3,4,5). The van der Waals surface area contributed by atoms with Gasteiger partial charge in [-0.1, -0.05) is 0 Å². The molecule has 0 aromatic carbocycles. The summed E-state index contributed by atoms with van der Waals surface area (Å²) in [7, 11) is 0. The first-order chi connectivity index (χ1) is 4.91. The van der Waals surface area contributed by atoms with Gasteiger partial charge in [0.15, 0.2) is 0 Å². The molecule has 0 heterocycles. The van der Waals surface area contributed by atoms with Crippen LogP contribution in [0.3, 0.4) is 0 Å². The number of nitrogens with two attached hydrogens (primary N) is 2. The van der Waals surface area contributed by atoms with E-state index < -0.39 is 0 Å². The molecule has 0 aliphatic rings. The third-order valence-corrected chi connectivity index (χ3v) is 1.10. The SMILES string of the molecule is CC(S)C(N)=O.N=C(N)CCl. The summed E-state index contributed by atoms with van der Waals surface area (Å²) in [5.41, 5.74) is 9.46. The van der Waals surface area contributed by atoms with Crippen molar-refractivity contribution in [2.24, 2.45) is 11.5 Å². The number of hydrogen-bond acceptors (Lipinski definition) is 3. The van der Waals surface area contributed by atoms with E-state index in [9.17, 15) is 4.79 Å². The number of rotatable bonds is 2. The van der Waals surface area contributed by atoms with Crippen molar-refractivity contribution >= 4 is 36.0 Å². The van der Waals surface area contributed by atoms with Gasteiger partial charge in [-0.05, 0) is 6.92 Å². The first kappa shape index (κ1) is 13.2. The van der Waals surface area contributed by atoms with Gasteiger partial charge in [0.05, 0.1) is 11.1 Å². The van der Waals surface area contributed by atoms with Gasteiger partial charge in [-0.3, -0.25) is 10.2 Å². The molecule has 0 saturated heterocycles. The molecule has 0 aromatic heterocycles. The monoisotopic (exact) mass is 197 g/mol. The Bertz CT molecular complexity index is 140. The number of carbonyl (C=O) groups excluding carboxylic acids is 1. The second-order valence-electron chi connectivity index (χ2n) is 1.74. The molecule has 0 rings (SSSR count). The Morgan fingerprint density at radius 3 is 1.91 bits per heavy atom. The molecule has 0 bridgehead atoms. The van der Waals surface area contributed by atoms with Crippen LogP contribution in [0.2, 0.25) is 0 Å². The van der Waals surface area contributed by atoms with E-state index in [1.165, 1.54) is 0 Å². The van der Waals surface area contributed by atoms with E-state index in [0.29, 0.717) is 0 Å². The molecule has 0 radical (unpaired) electrons. The number of primary amides is 1. The quantitative estimate of drug-likeness (QED) is 0.216. The molecular formula is C5H12ClN3OS. The van der Waals surface area contributed by atoms with E-state index in [4.69, 9.17) is 28.5 Å². The Balaban J connectivity index is 0. The zero-order valence-electron chi connectivity index (χ0n) is 6.17. The lowest BCUT2D eigenvalue weighted by Gasteiger charge is -1.90. The zero-order chi connectivity index (χ0) is 9.44. The topological polar surface area (TPSA) is 93.0 Å². The Morgan fingerprint density at radius 1 is 1.73 bits per heavy atom. The minimum absolute atomic E-state index is 0.0201. The number of hydrogen-bond donors (Lipinski definition) is 4. The molecular weight excluding hydrogens is 186 g/mol. The molecule has 0 aliphatic heterocycles. The van der Waals surface area contributed by atoms with Crippen LogP contribution in [0.4, 0.5) is 0 Å². The predicted molar refractivity (Wildman–Crippen MR) is 50.3 cm³/mol. The molecule has 6 heteroatoms. The summed E-state index contributed by atoms with van der Waals surface area (Å²) in [4.78, 5) is 9.84. The van der Waals surface area contributed by atoms with Crippen LogP contribution in [0.25, 0.3) is 0 Å². The second kappa shape index (κ2) is 7.68. The average Bonchev–Trinajstić information content (AvgIpc) is 1.89. The Kier molecular flexibility index (Phi) is 9.21. The van der Waals surface area contributed by atoms with Crippen LogP contribution in [0.15, 0.2) is 0 Å². The molecule has 1 unspecified atom stereocenters. The zero-order valence-corrected chi connectivity index (χ0v) is 7.82. The molecule has 1 atom stereocenters. The van der Waals surface area contributed by atoms with Crippen molar-refractivity contribution in [2.45, 2.75) is 12.2 Å². The average molecular weight is 198 g/mol. The normalized spacial score (nSPS) is 10.8. The fraction of sp³-hybridized carbons (Fsp3) is 0.600. The summed E-state index contributed by atoms with van der Waals surface area (Å²) < 4.78 is 0. The van der Waals surface area contributed by atoms with Crippen molar-refractivity contribution in [2.75, 3.05) is 5.88 Å². The third-order valence-electron chi connectivity index (χ3n) is 0.556. The highest BCUT2D eigenvalue weighted by atomic mass is 35.5. The minimum atomic E-state index is -0.377. The van der Waals surface area contributed by atoms with Gasteiger partial charge >= 0.3 is 0 Å². The maximum Gasteiger partial charge on any atom is 0.229 e. The maximum atomic E-state index is 9.84. The molecule has 5 N–H and O–H groups in total. The number of carbonyl (C=O) groups is 1. The van der Waals surface area contributed by atoms with Gasteiger partial charge in [0.2, 0.25) is 5.91 Å². The third kappa shape index (κ3) is 17.7. The number of amides is 1. The van der Waals surface area contributed by atoms with E-state index in [2.05, 4.69) is 12.6 Å². The lowest BCUT2D eigenvalue weighted by atomic mass is 10.5. The molecule has 66 valence electrons. The second-order valence-corrected chi connectivity index (χ2v) is 2.78. The fourth-order valence-corrected chi connectivity index (χ4v) is 0. The fourth-order valence-electron chi connectivity index (χ4n) is 0. The number of nitrogens with one attached hydrogen (secondary N) is 1. The van der Waals surface area contributed by atoms with Crippen LogP contribution in [0, 0.1) is 5.41 Å². The van der Waals surface area contributed by atoms with Crippen molar-refractivity contribution in [3.05, 3.63) is 0 Å². The first-order valence-corrected chi connectivity index (χ1v) is 3.83. The van der Waals surface area contributed by atoms with Gasteiger partial charge < -0.3 is 11.5 Å². The van der Waals surface area contributed by atoms with Gasteiger partial charge in [-0.25, -0.2) is 0 Å². The highest BCUT2D eigenvalue weighted by Crippen LogP contribution is 1.86. The van der Waals surface area contributed by atoms with E-state index in [0.717, 1.165) is 0 Å². The molecule has 4 nitrogen and oxygen atoms in total. The molecule has 0 spiro atoms. The van der Waals surface area contributed by atoms with Crippen LogP contribution < -0.4 is 11.5 Å². The smallest absolute Gasteiger partial charge is 0.229 e. The Hall–Kier alpha value is -0.420. The van der Waals surface area contributed by atoms with Crippen LogP contribution >= 0.6 is 24.2 Å². The van der Waals surface area contributed by atoms with Gasteiger partial charge in [-0.2, -0.15) is 12.6 Å².